The van der Waals surface area contributed by atoms with E-state index < -0.39 is 0 Å². The number of aryl methyl sites for hydroxylation is 2. The first-order valence-corrected chi connectivity index (χ1v) is 8.60. The van der Waals surface area contributed by atoms with E-state index in [1.165, 1.54) is 17.4 Å². The standard InChI is InChI=1S/C22H20N2O2/c1-15-7-9-17(10-8-15)13-24-14-19(18-5-3-4-6-20(18)24)23-22(25)21-16(2)11-12-26-21/h3-12,14H,13H2,1-2H3,(H,23,25). The van der Waals surface area contributed by atoms with Gasteiger partial charge in [-0.2, -0.15) is 0 Å². The van der Waals surface area contributed by atoms with Crippen molar-refractivity contribution in [2.75, 3.05) is 5.32 Å². The molecule has 0 aliphatic carbocycles. The van der Waals surface area contributed by atoms with Gasteiger partial charge in [0.2, 0.25) is 0 Å². The second-order valence-electron chi connectivity index (χ2n) is 6.56. The molecule has 4 aromatic rings. The topological polar surface area (TPSA) is 47.2 Å². The molecule has 4 rings (SSSR count). The third-order valence-corrected chi connectivity index (χ3v) is 4.58. The maximum atomic E-state index is 12.5. The van der Waals surface area contributed by atoms with Gasteiger partial charge in [0.05, 0.1) is 17.5 Å². The number of furan rings is 1. The molecule has 2 aromatic carbocycles. The summed E-state index contributed by atoms with van der Waals surface area (Å²) in [6, 6.07) is 18.4. The molecule has 0 aliphatic rings. The summed E-state index contributed by atoms with van der Waals surface area (Å²) in [6.07, 6.45) is 3.52. The smallest absolute Gasteiger partial charge is 0.291 e. The van der Waals surface area contributed by atoms with Crippen LogP contribution in [0.15, 0.2) is 71.5 Å². The Kier molecular flexibility index (Phi) is 4.09. The van der Waals surface area contributed by atoms with Gasteiger partial charge in [-0.15, -0.1) is 0 Å². The van der Waals surface area contributed by atoms with Crippen LogP contribution in [0.25, 0.3) is 10.9 Å². The maximum absolute atomic E-state index is 12.5. The van der Waals surface area contributed by atoms with Gasteiger partial charge in [0.15, 0.2) is 5.76 Å². The van der Waals surface area contributed by atoms with Gasteiger partial charge >= 0.3 is 0 Å². The van der Waals surface area contributed by atoms with Crippen molar-refractivity contribution in [2.45, 2.75) is 20.4 Å². The quantitative estimate of drug-likeness (QED) is 0.556. The minimum Gasteiger partial charge on any atom is -0.459 e. The molecule has 2 aromatic heterocycles. The Morgan fingerprint density at radius 2 is 1.81 bits per heavy atom. The Labute approximate surface area is 152 Å². The van der Waals surface area contributed by atoms with Crippen molar-refractivity contribution < 1.29 is 9.21 Å². The first-order chi connectivity index (χ1) is 12.6. The van der Waals surface area contributed by atoms with Crippen molar-refractivity contribution in [3.05, 3.63) is 89.5 Å². The van der Waals surface area contributed by atoms with Crippen molar-refractivity contribution in [1.82, 2.24) is 4.57 Å². The molecule has 1 N–H and O–H groups in total. The number of carbonyl (C=O) groups is 1. The number of nitrogens with zero attached hydrogens (tertiary/aromatic N) is 1. The number of hydrogen-bond donors (Lipinski definition) is 1. The second kappa shape index (κ2) is 6.56. The molecule has 0 spiro atoms. The van der Waals surface area contributed by atoms with Gasteiger partial charge in [-0.25, -0.2) is 0 Å². The normalized spacial score (nSPS) is 11.0. The van der Waals surface area contributed by atoms with Crippen molar-refractivity contribution in [3.63, 3.8) is 0 Å². The fourth-order valence-corrected chi connectivity index (χ4v) is 3.15. The van der Waals surface area contributed by atoms with Gasteiger partial charge < -0.3 is 14.3 Å². The summed E-state index contributed by atoms with van der Waals surface area (Å²) in [4.78, 5) is 12.5. The van der Waals surface area contributed by atoms with Crippen LogP contribution >= 0.6 is 0 Å². The van der Waals surface area contributed by atoms with Crippen molar-refractivity contribution in [3.8, 4) is 0 Å². The van der Waals surface area contributed by atoms with E-state index in [9.17, 15) is 4.79 Å². The molecule has 2 heterocycles. The molecule has 0 bridgehead atoms. The Morgan fingerprint density at radius 3 is 2.54 bits per heavy atom. The number of nitrogens with one attached hydrogen (secondary N) is 1. The van der Waals surface area contributed by atoms with Crippen LogP contribution in [-0.4, -0.2) is 10.5 Å². The fourth-order valence-electron chi connectivity index (χ4n) is 3.15. The van der Waals surface area contributed by atoms with E-state index in [0.29, 0.717) is 5.76 Å². The van der Waals surface area contributed by atoms with Gasteiger partial charge in [0.25, 0.3) is 5.91 Å². The Balaban J connectivity index is 1.68. The number of para-hydroxylation sites is 1. The molecule has 0 aliphatic heterocycles. The van der Waals surface area contributed by atoms with Crippen LogP contribution in [0.2, 0.25) is 0 Å². The third kappa shape index (κ3) is 3.02. The number of amides is 1. The van der Waals surface area contributed by atoms with Crippen LogP contribution < -0.4 is 5.32 Å². The van der Waals surface area contributed by atoms with E-state index in [2.05, 4.69) is 47.1 Å². The van der Waals surface area contributed by atoms with Gasteiger partial charge in [-0.05, 0) is 31.5 Å². The molecule has 0 fully saturated rings. The SMILES string of the molecule is Cc1ccc(Cn2cc(NC(=O)c3occc3C)c3ccccc32)cc1. The lowest BCUT2D eigenvalue weighted by molar-refractivity contribution is 0.0996. The molecule has 4 heteroatoms. The zero-order valence-corrected chi connectivity index (χ0v) is 14.8. The van der Waals surface area contributed by atoms with E-state index >= 15 is 0 Å². The van der Waals surface area contributed by atoms with Crippen LogP contribution in [0.1, 0.15) is 27.2 Å². The molecule has 0 saturated carbocycles. The molecular formula is C22H20N2O2. The van der Waals surface area contributed by atoms with E-state index in [1.807, 2.05) is 31.3 Å². The van der Waals surface area contributed by atoms with E-state index in [1.54, 1.807) is 6.07 Å². The molecule has 130 valence electrons. The highest BCUT2D eigenvalue weighted by molar-refractivity contribution is 6.08. The first-order valence-electron chi connectivity index (χ1n) is 8.60. The monoisotopic (exact) mass is 344 g/mol. The minimum atomic E-state index is -0.231. The Morgan fingerprint density at radius 1 is 1.04 bits per heavy atom. The highest BCUT2D eigenvalue weighted by atomic mass is 16.3. The number of aromatic nitrogens is 1. The number of carbonyl (C=O) groups excluding carboxylic acids is 1. The Hall–Kier alpha value is -3.27. The Bertz CT molecular complexity index is 1070. The van der Waals surface area contributed by atoms with Gasteiger partial charge in [0.1, 0.15) is 0 Å². The maximum Gasteiger partial charge on any atom is 0.291 e. The van der Waals surface area contributed by atoms with E-state index in [-0.39, 0.29) is 5.91 Å². The fraction of sp³-hybridized carbons (Fsp3) is 0.136. The molecule has 0 saturated heterocycles. The average molecular weight is 344 g/mol. The lowest BCUT2D eigenvalue weighted by atomic mass is 10.1. The van der Waals surface area contributed by atoms with Crippen molar-refractivity contribution in [1.29, 1.82) is 0 Å². The first kappa shape index (κ1) is 16.2. The van der Waals surface area contributed by atoms with Crippen molar-refractivity contribution >= 4 is 22.5 Å². The number of hydrogen-bond acceptors (Lipinski definition) is 2. The number of anilines is 1. The number of benzene rings is 2. The summed E-state index contributed by atoms with van der Waals surface area (Å²) < 4.78 is 7.46. The van der Waals surface area contributed by atoms with Gasteiger partial charge in [-0.3, -0.25) is 4.79 Å². The molecule has 0 atom stereocenters. The largest absolute Gasteiger partial charge is 0.459 e. The van der Waals surface area contributed by atoms with Crippen molar-refractivity contribution in [2.24, 2.45) is 0 Å². The molecule has 4 nitrogen and oxygen atoms in total. The molecular weight excluding hydrogens is 324 g/mol. The predicted octanol–water partition coefficient (Wildman–Crippen LogP) is 5.15. The third-order valence-electron chi connectivity index (χ3n) is 4.58. The lowest BCUT2D eigenvalue weighted by Gasteiger charge is -2.05. The van der Waals surface area contributed by atoms with Crippen LogP contribution in [0.5, 0.6) is 0 Å². The predicted molar refractivity (Wildman–Crippen MR) is 104 cm³/mol. The number of fused-ring (bicyclic) bond motifs is 1. The molecule has 0 radical (unpaired) electrons. The van der Waals surface area contributed by atoms with E-state index in [4.69, 9.17) is 4.42 Å². The zero-order chi connectivity index (χ0) is 18.1. The minimum absolute atomic E-state index is 0.231. The summed E-state index contributed by atoms with van der Waals surface area (Å²) in [5.41, 5.74) is 5.16. The highest BCUT2D eigenvalue weighted by Gasteiger charge is 2.16. The molecule has 26 heavy (non-hydrogen) atoms. The summed E-state index contributed by atoms with van der Waals surface area (Å²) in [6.45, 7) is 4.69. The lowest BCUT2D eigenvalue weighted by Crippen LogP contribution is -2.11. The van der Waals surface area contributed by atoms with Crippen LogP contribution in [0, 0.1) is 13.8 Å². The average Bonchev–Trinajstić information content (AvgIpc) is 3.22. The van der Waals surface area contributed by atoms with Crippen LogP contribution in [0.3, 0.4) is 0 Å². The van der Waals surface area contributed by atoms with Gasteiger partial charge in [0, 0.05) is 23.7 Å². The second-order valence-corrected chi connectivity index (χ2v) is 6.56. The van der Waals surface area contributed by atoms with E-state index in [0.717, 1.165) is 28.7 Å². The summed E-state index contributed by atoms with van der Waals surface area (Å²) >= 11 is 0. The summed E-state index contributed by atoms with van der Waals surface area (Å²) in [7, 11) is 0. The highest BCUT2D eigenvalue weighted by Crippen LogP contribution is 2.27. The van der Waals surface area contributed by atoms with Gasteiger partial charge in [-0.1, -0.05) is 48.0 Å². The molecule has 0 unspecified atom stereocenters. The van der Waals surface area contributed by atoms with Crippen LogP contribution in [-0.2, 0) is 6.54 Å². The van der Waals surface area contributed by atoms with Crippen LogP contribution in [0.4, 0.5) is 5.69 Å². The molecule has 1 amide bonds. The summed E-state index contributed by atoms with van der Waals surface area (Å²) in [5.74, 6) is 0.117. The zero-order valence-electron chi connectivity index (χ0n) is 14.8. The summed E-state index contributed by atoms with van der Waals surface area (Å²) in [5, 5.41) is 4.00. The number of rotatable bonds is 4.